The summed E-state index contributed by atoms with van der Waals surface area (Å²) in [5, 5.41) is 0. The van der Waals surface area contributed by atoms with Gasteiger partial charge in [0.1, 0.15) is 0 Å². The lowest BCUT2D eigenvalue weighted by atomic mass is 10.1. The Kier molecular flexibility index (Phi) is 3.92. The third kappa shape index (κ3) is 3.93. The monoisotopic (exact) mass is 295 g/mol. The molecule has 0 unspecified atom stereocenters. The Hall–Kier alpha value is -1.61. The minimum atomic E-state index is -5.54. The van der Waals surface area contributed by atoms with E-state index in [0.717, 1.165) is 6.92 Å². The number of ether oxygens (including phenoxy) is 1. The summed E-state index contributed by atoms with van der Waals surface area (Å²) >= 11 is 0. The lowest BCUT2D eigenvalue weighted by molar-refractivity contribution is -0.277. The van der Waals surface area contributed by atoms with Gasteiger partial charge in [-0.3, -0.25) is 0 Å². The summed E-state index contributed by atoms with van der Waals surface area (Å²) in [7, 11) is 0. The maximum absolute atomic E-state index is 12.5. The highest BCUT2D eigenvalue weighted by molar-refractivity contribution is 5.41. The lowest BCUT2D eigenvalue weighted by Crippen LogP contribution is -2.22. The van der Waals surface area contributed by atoms with Crippen LogP contribution in [0.1, 0.15) is 23.4 Å². The number of pyridine rings is 1. The maximum atomic E-state index is 12.5. The van der Waals surface area contributed by atoms with Crippen molar-refractivity contribution in [2.45, 2.75) is 25.9 Å². The fraction of sp³-hybridized carbons (Fsp3) is 0.444. The molecule has 0 saturated heterocycles. The molecule has 0 saturated carbocycles. The van der Waals surface area contributed by atoms with Crippen molar-refractivity contribution in [3.63, 3.8) is 0 Å². The average molecular weight is 295 g/mol. The van der Waals surface area contributed by atoms with E-state index >= 15 is 0 Å². The first kappa shape index (κ1) is 15.4. The van der Waals surface area contributed by atoms with Crippen molar-refractivity contribution in [1.82, 2.24) is 4.98 Å². The van der Waals surface area contributed by atoms with E-state index in [1.807, 2.05) is 0 Å². The Morgan fingerprint density at radius 2 is 1.63 bits per heavy atom. The average Bonchev–Trinajstić information content (AvgIpc) is 2.16. The van der Waals surface area contributed by atoms with Gasteiger partial charge in [0.2, 0.25) is 0 Å². The number of hydrogen-bond acceptors (Lipinski definition) is 2. The van der Waals surface area contributed by atoms with Crippen molar-refractivity contribution < 1.29 is 39.9 Å². The Morgan fingerprint density at radius 1 is 1.11 bits per heavy atom. The molecule has 108 valence electrons. The zero-order chi connectivity index (χ0) is 15.0. The van der Waals surface area contributed by atoms with Crippen LogP contribution in [-0.2, 0) is 6.18 Å². The second-order valence-electron chi connectivity index (χ2n) is 3.38. The smallest absolute Gasteiger partial charge is 0.403 e. The summed E-state index contributed by atoms with van der Waals surface area (Å²) in [5.74, 6) is -2.03. The van der Waals surface area contributed by atoms with Crippen molar-refractivity contribution in [2.75, 3.05) is 0 Å². The molecular formula is C9H5F8NO. The van der Waals surface area contributed by atoms with Gasteiger partial charge in [0.15, 0.2) is 11.4 Å². The van der Waals surface area contributed by atoms with E-state index in [4.69, 9.17) is 0 Å². The number of rotatable bonds is 2. The van der Waals surface area contributed by atoms with Crippen LogP contribution in [-0.4, -0.2) is 11.3 Å². The number of halogens is 8. The molecule has 0 radical (unpaired) electrons. The molecule has 1 aromatic heterocycles. The van der Waals surface area contributed by atoms with Crippen LogP contribution >= 0.6 is 0 Å². The molecule has 1 aromatic rings. The van der Waals surface area contributed by atoms with Crippen LogP contribution in [0.25, 0.3) is 0 Å². The number of hydrogen-bond donors (Lipinski definition) is 0. The first-order valence-corrected chi connectivity index (χ1v) is 4.54. The maximum Gasteiger partial charge on any atom is 0.573 e. The molecule has 1 rings (SSSR count). The Bertz CT molecular complexity index is 465. The predicted octanol–water partition coefficient (Wildman–Crippen LogP) is 4.25. The van der Waals surface area contributed by atoms with Crippen LogP contribution in [0.2, 0.25) is 0 Å². The van der Waals surface area contributed by atoms with Crippen LogP contribution in [0.4, 0.5) is 35.1 Å². The lowest BCUT2D eigenvalue weighted by Gasteiger charge is -2.18. The van der Waals surface area contributed by atoms with Gasteiger partial charge in [-0.05, 0) is 13.0 Å². The van der Waals surface area contributed by atoms with Crippen LogP contribution in [0, 0.1) is 6.92 Å². The molecule has 0 aromatic carbocycles. The molecule has 0 atom stereocenters. The molecule has 0 N–H and O–H groups in total. The number of alkyl halides is 8. The summed E-state index contributed by atoms with van der Waals surface area (Å²) in [5.41, 5.74) is -4.16. The molecule has 0 bridgehead atoms. The Balaban J connectivity index is 3.52. The van der Waals surface area contributed by atoms with Crippen LogP contribution in [0.5, 0.6) is 5.75 Å². The molecule has 0 aliphatic heterocycles. The van der Waals surface area contributed by atoms with Crippen molar-refractivity contribution in [3.8, 4) is 5.75 Å². The molecule has 0 spiro atoms. The van der Waals surface area contributed by atoms with Gasteiger partial charge in [0, 0.05) is 5.69 Å². The topological polar surface area (TPSA) is 22.1 Å². The highest BCUT2D eigenvalue weighted by Gasteiger charge is 2.43. The Labute approximate surface area is 101 Å². The Morgan fingerprint density at radius 3 is 2.00 bits per heavy atom. The second kappa shape index (κ2) is 4.82. The van der Waals surface area contributed by atoms with Crippen molar-refractivity contribution >= 4 is 0 Å². The van der Waals surface area contributed by atoms with Gasteiger partial charge < -0.3 is 4.74 Å². The van der Waals surface area contributed by atoms with E-state index < -0.39 is 41.7 Å². The van der Waals surface area contributed by atoms with Gasteiger partial charge in [-0.1, -0.05) is 0 Å². The molecule has 0 aliphatic carbocycles. The first-order valence-electron chi connectivity index (χ1n) is 4.54. The van der Waals surface area contributed by atoms with Crippen molar-refractivity contribution in [3.05, 3.63) is 23.0 Å². The summed E-state index contributed by atoms with van der Waals surface area (Å²) in [4.78, 5) is 2.79. The third-order valence-electron chi connectivity index (χ3n) is 1.85. The molecular weight excluding hydrogens is 290 g/mol. The molecule has 0 aliphatic rings. The van der Waals surface area contributed by atoms with Gasteiger partial charge in [0.05, 0.1) is 5.56 Å². The standard InChI is InChI=1S/C9H5F8NO/c1-3-2-4(7(10)11)5(19-9(15,16)17)6(18-3)8(12,13)14/h2,7H,1H3. The van der Waals surface area contributed by atoms with Crippen molar-refractivity contribution in [1.29, 1.82) is 0 Å². The summed E-state index contributed by atoms with van der Waals surface area (Å²) in [6.45, 7) is 0.943. The fourth-order valence-electron chi connectivity index (χ4n) is 1.26. The molecule has 0 fully saturated rings. The SMILES string of the molecule is Cc1cc(C(F)F)c(OC(F)(F)F)c(C(F)(F)F)n1. The molecule has 2 nitrogen and oxygen atoms in total. The minimum absolute atomic E-state index is 0.404. The second-order valence-corrected chi connectivity index (χ2v) is 3.38. The molecule has 0 amide bonds. The van der Waals surface area contributed by atoms with Gasteiger partial charge in [-0.25, -0.2) is 13.8 Å². The fourth-order valence-corrected chi connectivity index (χ4v) is 1.26. The van der Waals surface area contributed by atoms with Gasteiger partial charge in [0.25, 0.3) is 6.43 Å². The normalized spacial score (nSPS) is 12.9. The molecule has 1 heterocycles. The largest absolute Gasteiger partial charge is 0.573 e. The van der Waals surface area contributed by atoms with E-state index in [9.17, 15) is 35.1 Å². The van der Waals surface area contributed by atoms with E-state index in [1.165, 1.54) is 0 Å². The van der Waals surface area contributed by atoms with E-state index in [0.29, 0.717) is 6.07 Å². The third-order valence-corrected chi connectivity index (χ3v) is 1.85. The van der Waals surface area contributed by atoms with E-state index in [2.05, 4.69) is 9.72 Å². The van der Waals surface area contributed by atoms with Crippen molar-refractivity contribution in [2.24, 2.45) is 0 Å². The quantitative estimate of drug-likeness (QED) is 0.761. The number of nitrogens with zero attached hydrogens (tertiary/aromatic N) is 1. The van der Waals surface area contributed by atoms with Crippen LogP contribution in [0.3, 0.4) is 0 Å². The van der Waals surface area contributed by atoms with E-state index in [-0.39, 0.29) is 0 Å². The summed E-state index contributed by atoms with van der Waals surface area (Å²) < 4.78 is 102. The van der Waals surface area contributed by atoms with Crippen LogP contribution < -0.4 is 4.74 Å². The van der Waals surface area contributed by atoms with Gasteiger partial charge in [-0.2, -0.15) is 13.2 Å². The minimum Gasteiger partial charge on any atom is -0.403 e. The molecule has 10 heteroatoms. The number of aromatic nitrogens is 1. The van der Waals surface area contributed by atoms with Gasteiger partial charge >= 0.3 is 12.5 Å². The zero-order valence-corrected chi connectivity index (χ0v) is 9.03. The summed E-state index contributed by atoms with van der Waals surface area (Å²) in [6.07, 6.45) is -14.5. The van der Waals surface area contributed by atoms with Gasteiger partial charge in [-0.15, -0.1) is 13.2 Å². The first-order chi connectivity index (χ1) is 8.42. The highest BCUT2D eigenvalue weighted by Crippen LogP contribution is 2.42. The summed E-state index contributed by atoms with van der Waals surface area (Å²) in [6, 6.07) is 0.404. The van der Waals surface area contributed by atoms with E-state index in [1.54, 1.807) is 0 Å². The zero-order valence-electron chi connectivity index (χ0n) is 9.03. The molecule has 19 heavy (non-hydrogen) atoms. The van der Waals surface area contributed by atoms with Crippen LogP contribution in [0.15, 0.2) is 6.07 Å². The predicted molar refractivity (Wildman–Crippen MR) is 45.6 cm³/mol. The highest BCUT2D eigenvalue weighted by atomic mass is 19.4. The number of aryl methyl sites for hydroxylation is 1.